The second-order valence-electron chi connectivity index (χ2n) is 10.6. The summed E-state index contributed by atoms with van der Waals surface area (Å²) >= 11 is 6.12. The highest BCUT2D eigenvalue weighted by molar-refractivity contribution is 6.30. The second-order valence-corrected chi connectivity index (χ2v) is 11.1. The fourth-order valence-corrected chi connectivity index (χ4v) is 7.03. The van der Waals surface area contributed by atoms with Crippen molar-refractivity contribution in [2.75, 3.05) is 5.32 Å². The zero-order chi connectivity index (χ0) is 29.2. The van der Waals surface area contributed by atoms with E-state index in [1.165, 1.54) is 24.3 Å². The summed E-state index contributed by atoms with van der Waals surface area (Å²) in [5, 5.41) is 15.1. The number of carbonyl (C=O) groups excluding carboxylic acids is 3. The third-order valence-electron chi connectivity index (χ3n) is 8.59. The molecule has 3 heterocycles. The van der Waals surface area contributed by atoms with Crippen LogP contribution in [0.5, 0.6) is 0 Å². The molecule has 4 unspecified atom stereocenters. The first-order valence-corrected chi connectivity index (χ1v) is 13.7. The molecule has 3 aliphatic heterocycles. The van der Waals surface area contributed by atoms with E-state index in [4.69, 9.17) is 11.6 Å². The Bertz CT molecular complexity index is 1850. The molecule has 4 aromatic carbocycles. The second kappa shape index (κ2) is 9.49. The van der Waals surface area contributed by atoms with E-state index in [9.17, 15) is 24.5 Å². The van der Waals surface area contributed by atoms with E-state index < -0.39 is 40.0 Å². The van der Waals surface area contributed by atoms with Crippen molar-refractivity contribution in [2.45, 2.75) is 17.5 Å². The van der Waals surface area contributed by atoms with Crippen LogP contribution in [0.2, 0.25) is 5.02 Å². The molecule has 1 N–H and O–H groups in total. The molecule has 4 atom stereocenters. The Balaban J connectivity index is 1.53. The van der Waals surface area contributed by atoms with Gasteiger partial charge in [0.1, 0.15) is 11.5 Å². The fourth-order valence-electron chi connectivity index (χ4n) is 6.90. The number of carbonyl (C=O) groups is 3. The van der Waals surface area contributed by atoms with Gasteiger partial charge in [-0.3, -0.25) is 24.5 Å². The maximum absolute atomic E-state index is 14.8. The predicted molar refractivity (Wildman–Crippen MR) is 157 cm³/mol. The number of rotatable bonds is 5. The quantitative estimate of drug-likeness (QED) is 0.172. The Morgan fingerprint density at radius 1 is 0.881 bits per heavy atom. The number of hydrogen-bond acceptors (Lipinski definition) is 6. The lowest BCUT2D eigenvalue weighted by atomic mass is 9.62. The van der Waals surface area contributed by atoms with Gasteiger partial charge < -0.3 is 10.2 Å². The summed E-state index contributed by atoms with van der Waals surface area (Å²) in [5.74, 6) is -2.53. The Kier molecular flexibility index (Phi) is 5.85. The van der Waals surface area contributed by atoms with Gasteiger partial charge in [-0.05, 0) is 53.1 Å². The number of Topliss-reactive ketones (excluding diaryl/α,β-unsaturated/α-hetero) is 2. The number of nitro groups is 1. The van der Waals surface area contributed by atoms with Crippen LogP contribution >= 0.6 is 11.6 Å². The first-order valence-electron chi connectivity index (χ1n) is 13.4. The minimum atomic E-state index is -1.52. The summed E-state index contributed by atoms with van der Waals surface area (Å²) in [6, 6.07) is 24.8. The van der Waals surface area contributed by atoms with E-state index in [0.29, 0.717) is 21.8 Å². The fraction of sp³-hybridized carbons (Fsp3) is 0.121. The molecule has 8 nitrogen and oxygen atoms in total. The zero-order valence-electron chi connectivity index (χ0n) is 21.9. The molecular weight excluding hydrogens is 554 g/mol. The van der Waals surface area contributed by atoms with Crippen molar-refractivity contribution in [1.29, 1.82) is 0 Å². The highest BCUT2D eigenvalue weighted by Crippen LogP contribution is 2.62. The number of fused-ring (bicyclic) bond motifs is 6. The van der Waals surface area contributed by atoms with E-state index in [0.717, 1.165) is 11.1 Å². The maximum atomic E-state index is 14.8. The number of hydrogen-bond donors (Lipinski definition) is 1. The number of amides is 1. The van der Waals surface area contributed by atoms with Crippen molar-refractivity contribution >= 4 is 46.5 Å². The lowest BCUT2D eigenvalue weighted by Crippen LogP contribution is -2.49. The van der Waals surface area contributed by atoms with Gasteiger partial charge in [0.2, 0.25) is 5.91 Å². The number of nitrogens with zero attached hydrogens (tertiary/aromatic N) is 2. The number of non-ortho nitro benzene ring substituents is 1. The Morgan fingerprint density at radius 2 is 1.62 bits per heavy atom. The molecule has 3 aliphatic rings. The molecule has 1 amide bonds. The van der Waals surface area contributed by atoms with Crippen LogP contribution in [0.1, 0.15) is 43.4 Å². The number of halogens is 1. The van der Waals surface area contributed by atoms with Gasteiger partial charge in [-0.2, -0.15) is 0 Å². The lowest BCUT2D eigenvalue weighted by molar-refractivity contribution is -0.384. The van der Waals surface area contributed by atoms with Crippen LogP contribution in [0.15, 0.2) is 103 Å². The van der Waals surface area contributed by atoms with E-state index in [-0.39, 0.29) is 17.0 Å². The van der Waals surface area contributed by atoms with Crippen molar-refractivity contribution in [2.24, 2.45) is 5.92 Å². The van der Waals surface area contributed by atoms with Crippen molar-refractivity contribution in [1.82, 2.24) is 4.90 Å². The summed E-state index contributed by atoms with van der Waals surface area (Å²) < 4.78 is 0. The third kappa shape index (κ3) is 3.58. The number of benzene rings is 4. The normalized spacial score (nSPS) is 23.2. The van der Waals surface area contributed by atoms with Crippen LogP contribution in [-0.2, 0) is 10.2 Å². The van der Waals surface area contributed by atoms with Gasteiger partial charge in [0, 0.05) is 40.2 Å². The summed E-state index contributed by atoms with van der Waals surface area (Å²) in [6.45, 7) is 0. The minimum Gasteiger partial charge on any atom is -0.358 e. The van der Waals surface area contributed by atoms with Crippen LogP contribution in [0.3, 0.4) is 0 Å². The maximum Gasteiger partial charge on any atom is 0.270 e. The molecule has 0 aliphatic carbocycles. The monoisotopic (exact) mass is 575 g/mol. The van der Waals surface area contributed by atoms with Gasteiger partial charge in [-0.25, -0.2) is 0 Å². The average Bonchev–Trinajstić information content (AvgIpc) is 3.49. The Labute approximate surface area is 245 Å². The largest absolute Gasteiger partial charge is 0.358 e. The molecule has 7 rings (SSSR count). The molecule has 0 saturated carbocycles. The third-order valence-corrected chi connectivity index (χ3v) is 8.84. The smallest absolute Gasteiger partial charge is 0.270 e. The Hall–Kier alpha value is -5.08. The summed E-state index contributed by atoms with van der Waals surface area (Å²) in [4.78, 5) is 56.6. The van der Waals surface area contributed by atoms with Gasteiger partial charge in [-0.1, -0.05) is 66.2 Å². The van der Waals surface area contributed by atoms with Crippen LogP contribution in [-0.4, -0.2) is 33.3 Å². The molecule has 4 aromatic rings. The highest BCUT2D eigenvalue weighted by Gasteiger charge is 2.70. The zero-order valence-corrected chi connectivity index (χ0v) is 22.7. The predicted octanol–water partition coefficient (Wildman–Crippen LogP) is 6.23. The molecule has 0 aromatic heterocycles. The number of anilines is 1. The molecule has 0 bridgehead atoms. The van der Waals surface area contributed by atoms with Crippen LogP contribution in [0.4, 0.5) is 11.4 Å². The van der Waals surface area contributed by atoms with E-state index in [1.807, 2.05) is 41.3 Å². The van der Waals surface area contributed by atoms with Gasteiger partial charge in [0.25, 0.3) is 5.69 Å². The minimum absolute atomic E-state index is 0.0526. The molecule has 206 valence electrons. The van der Waals surface area contributed by atoms with Gasteiger partial charge in [0.15, 0.2) is 11.6 Å². The summed E-state index contributed by atoms with van der Waals surface area (Å²) in [6.07, 6.45) is 3.66. The molecule has 1 spiro atoms. The number of nitro benzene ring substituents is 1. The van der Waals surface area contributed by atoms with Crippen LogP contribution in [0, 0.1) is 16.0 Å². The Morgan fingerprint density at radius 3 is 2.40 bits per heavy atom. The topological polar surface area (TPSA) is 110 Å². The number of para-hydroxylation sites is 1. The molecule has 1 saturated heterocycles. The molecule has 1 fully saturated rings. The van der Waals surface area contributed by atoms with Gasteiger partial charge >= 0.3 is 0 Å². The van der Waals surface area contributed by atoms with E-state index in [1.54, 1.807) is 48.7 Å². The van der Waals surface area contributed by atoms with Crippen molar-refractivity contribution in [3.63, 3.8) is 0 Å². The van der Waals surface area contributed by atoms with Crippen LogP contribution < -0.4 is 5.32 Å². The number of ketones is 2. The van der Waals surface area contributed by atoms with Crippen molar-refractivity contribution in [3.8, 4) is 0 Å². The van der Waals surface area contributed by atoms with Gasteiger partial charge in [-0.15, -0.1) is 0 Å². The molecule has 9 heteroatoms. The molecule has 0 radical (unpaired) electrons. The first kappa shape index (κ1) is 25.9. The highest BCUT2D eigenvalue weighted by atomic mass is 35.5. The van der Waals surface area contributed by atoms with Crippen LogP contribution in [0.25, 0.3) is 6.08 Å². The van der Waals surface area contributed by atoms with Gasteiger partial charge in [0.05, 0.1) is 16.9 Å². The SMILES string of the molecule is O=C(c1ccc(Cl)cc1)C1C(C(=O)c2cccc([N+](=O)[O-])c2)C2(C(=O)Nc3ccccc32)C2c3ccccc3C=CN12. The lowest BCUT2D eigenvalue weighted by Gasteiger charge is -2.38. The standard InChI is InChI=1S/C33H22ClN3O5/c34-22-14-12-20(13-15-22)30(39)28-27(29(38)21-7-5-8-23(18-21)37(41)42)33(25-10-3-4-11-26(25)35-32(33)40)31-24-9-2-1-6-19(24)16-17-36(28)31/h1-18,27-28,31H,(H,35,40). The average molecular weight is 576 g/mol. The summed E-state index contributed by atoms with van der Waals surface area (Å²) in [5.41, 5.74) is 1.44. The van der Waals surface area contributed by atoms with E-state index >= 15 is 0 Å². The van der Waals surface area contributed by atoms with Crippen molar-refractivity contribution < 1.29 is 19.3 Å². The molecule has 42 heavy (non-hydrogen) atoms. The molecular formula is C33H22ClN3O5. The summed E-state index contributed by atoms with van der Waals surface area (Å²) in [7, 11) is 0. The number of nitrogens with one attached hydrogen (secondary N) is 1. The van der Waals surface area contributed by atoms with Crippen molar-refractivity contribution in [3.05, 3.63) is 146 Å². The first-order chi connectivity index (χ1) is 20.3. The van der Waals surface area contributed by atoms with E-state index in [2.05, 4.69) is 5.32 Å².